The Morgan fingerprint density at radius 1 is 1.24 bits per heavy atom. The summed E-state index contributed by atoms with van der Waals surface area (Å²) in [4.78, 5) is 0. The van der Waals surface area contributed by atoms with Gasteiger partial charge in [0.1, 0.15) is 23.4 Å². The Hall–Kier alpha value is -1.59. The SMILES string of the molecule is COc1ccc2c(c1)OC(c1cc(F)ccc1Br)C[C@H]2N. The summed E-state index contributed by atoms with van der Waals surface area (Å²) in [5.41, 5.74) is 7.93. The largest absolute Gasteiger partial charge is 0.497 e. The number of methoxy groups -OCH3 is 1. The lowest BCUT2D eigenvalue weighted by molar-refractivity contribution is 0.160. The van der Waals surface area contributed by atoms with E-state index in [1.807, 2.05) is 18.2 Å². The molecule has 1 heterocycles. The minimum atomic E-state index is -0.290. The molecular weight excluding hydrogens is 337 g/mol. The highest BCUT2D eigenvalue weighted by atomic mass is 79.9. The second-order valence-corrected chi connectivity index (χ2v) is 5.87. The molecule has 1 aliphatic rings. The topological polar surface area (TPSA) is 44.5 Å². The summed E-state index contributed by atoms with van der Waals surface area (Å²) < 4.78 is 25.5. The summed E-state index contributed by atoms with van der Waals surface area (Å²) in [7, 11) is 1.60. The van der Waals surface area contributed by atoms with Crippen molar-refractivity contribution < 1.29 is 13.9 Å². The van der Waals surface area contributed by atoms with Gasteiger partial charge in [-0.2, -0.15) is 0 Å². The van der Waals surface area contributed by atoms with E-state index in [1.54, 1.807) is 13.2 Å². The van der Waals surface area contributed by atoms with Crippen LogP contribution in [0.1, 0.15) is 29.7 Å². The van der Waals surface area contributed by atoms with Gasteiger partial charge in [-0.15, -0.1) is 0 Å². The third-order valence-corrected chi connectivity index (χ3v) is 4.38. The van der Waals surface area contributed by atoms with Gasteiger partial charge in [-0.3, -0.25) is 0 Å². The van der Waals surface area contributed by atoms with E-state index in [0.717, 1.165) is 15.6 Å². The van der Waals surface area contributed by atoms with E-state index in [4.69, 9.17) is 15.2 Å². The van der Waals surface area contributed by atoms with Crippen LogP contribution in [0.3, 0.4) is 0 Å². The van der Waals surface area contributed by atoms with Crippen LogP contribution in [-0.4, -0.2) is 7.11 Å². The highest BCUT2D eigenvalue weighted by Crippen LogP contribution is 2.42. The first kappa shape index (κ1) is 14.4. The van der Waals surface area contributed by atoms with Crippen molar-refractivity contribution in [3.8, 4) is 11.5 Å². The molecule has 0 bridgehead atoms. The van der Waals surface area contributed by atoms with Gasteiger partial charge >= 0.3 is 0 Å². The van der Waals surface area contributed by atoms with Crippen molar-refractivity contribution in [2.24, 2.45) is 5.73 Å². The van der Waals surface area contributed by atoms with Gasteiger partial charge in [0.2, 0.25) is 0 Å². The van der Waals surface area contributed by atoms with Crippen molar-refractivity contribution in [1.82, 2.24) is 0 Å². The number of rotatable bonds is 2. The van der Waals surface area contributed by atoms with E-state index in [9.17, 15) is 4.39 Å². The van der Waals surface area contributed by atoms with Crippen LogP contribution in [-0.2, 0) is 0 Å². The summed E-state index contributed by atoms with van der Waals surface area (Å²) >= 11 is 3.44. The van der Waals surface area contributed by atoms with Crippen LogP contribution in [0.4, 0.5) is 4.39 Å². The predicted octanol–water partition coefficient (Wildman–Crippen LogP) is 4.12. The van der Waals surface area contributed by atoms with Gasteiger partial charge in [0.25, 0.3) is 0 Å². The molecule has 2 N–H and O–H groups in total. The van der Waals surface area contributed by atoms with Crippen LogP contribution >= 0.6 is 15.9 Å². The third kappa shape index (κ3) is 2.76. The fourth-order valence-electron chi connectivity index (χ4n) is 2.56. The molecule has 0 aliphatic carbocycles. The van der Waals surface area contributed by atoms with Crippen molar-refractivity contribution in [2.75, 3.05) is 7.11 Å². The van der Waals surface area contributed by atoms with E-state index in [-0.39, 0.29) is 18.0 Å². The van der Waals surface area contributed by atoms with Crippen LogP contribution in [0.25, 0.3) is 0 Å². The number of ether oxygens (including phenoxy) is 2. The highest BCUT2D eigenvalue weighted by molar-refractivity contribution is 9.10. The van der Waals surface area contributed by atoms with Gasteiger partial charge in [-0.05, 0) is 24.3 Å². The molecule has 2 atom stereocenters. The standard InChI is InChI=1S/C16H15BrFNO2/c1-20-10-3-4-11-14(19)8-16(21-15(11)7-10)12-6-9(18)2-5-13(12)17/h2-7,14,16H,8,19H2,1H3/t14-,16?/m1/s1. The molecule has 3 nitrogen and oxygen atoms in total. The first-order chi connectivity index (χ1) is 10.1. The number of hydrogen-bond acceptors (Lipinski definition) is 3. The normalized spacial score (nSPS) is 20.6. The lowest BCUT2D eigenvalue weighted by Crippen LogP contribution is -2.24. The molecule has 1 unspecified atom stereocenters. The predicted molar refractivity (Wildman–Crippen MR) is 82.0 cm³/mol. The molecule has 5 heteroatoms. The number of halogens is 2. The molecule has 0 amide bonds. The molecule has 3 rings (SSSR count). The number of nitrogens with two attached hydrogens (primary N) is 1. The van der Waals surface area contributed by atoms with Gasteiger partial charge in [0.15, 0.2) is 0 Å². The molecule has 0 spiro atoms. The molecule has 0 saturated heterocycles. The average Bonchev–Trinajstić information content (AvgIpc) is 2.49. The molecule has 2 aromatic carbocycles. The lowest BCUT2D eigenvalue weighted by atomic mass is 9.93. The Kier molecular flexibility index (Phi) is 3.87. The van der Waals surface area contributed by atoms with Crippen molar-refractivity contribution >= 4 is 15.9 Å². The van der Waals surface area contributed by atoms with Crippen LogP contribution in [0.15, 0.2) is 40.9 Å². The Morgan fingerprint density at radius 3 is 2.81 bits per heavy atom. The van der Waals surface area contributed by atoms with Crippen LogP contribution in [0, 0.1) is 5.82 Å². The maximum absolute atomic E-state index is 13.5. The zero-order valence-corrected chi connectivity index (χ0v) is 13.1. The third-order valence-electron chi connectivity index (χ3n) is 3.66. The van der Waals surface area contributed by atoms with Crippen molar-refractivity contribution in [1.29, 1.82) is 0 Å². The van der Waals surface area contributed by atoms with E-state index >= 15 is 0 Å². The van der Waals surface area contributed by atoms with Crippen molar-refractivity contribution in [3.63, 3.8) is 0 Å². The maximum atomic E-state index is 13.5. The van der Waals surface area contributed by atoms with Crippen molar-refractivity contribution in [3.05, 3.63) is 57.8 Å². The van der Waals surface area contributed by atoms with Gasteiger partial charge in [0.05, 0.1) is 7.11 Å². The minimum Gasteiger partial charge on any atom is -0.497 e. The zero-order valence-electron chi connectivity index (χ0n) is 11.5. The van der Waals surface area contributed by atoms with Crippen molar-refractivity contribution in [2.45, 2.75) is 18.6 Å². The molecule has 0 aromatic heterocycles. The first-order valence-corrected chi connectivity index (χ1v) is 7.43. The van der Waals surface area contributed by atoms with Crippen LogP contribution in [0.5, 0.6) is 11.5 Å². The Morgan fingerprint density at radius 2 is 2.05 bits per heavy atom. The molecule has 0 fully saturated rings. The second kappa shape index (κ2) is 5.66. The Balaban J connectivity index is 1.98. The molecule has 1 aliphatic heterocycles. The van der Waals surface area contributed by atoms with E-state index in [0.29, 0.717) is 17.9 Å². The first-order valence-electron chi connectivity index (χ1n) is 6.63. The van der Waals surface area contributed by atoms with Gasteiger partial charge in [-0.1, -0.05) is 22.0 Å². The second-order valence-electron chi connectivity index (χ2n) is 5.02. The fourth-order valence-corrected chi connectivity index (χ4v) is 3.06. The monoisotopic (exact) mass is 351 g/mol. The molecular formula is C16H15BrFNO2. The Labute approximate surface area is 131 Å². The van der Waals surface area contributed by atoms with Gasteiger partial charge < -0.3 is 15.2 Å². The maximum Gasteiger partial charge on any atom is 0.128 e. The number of hydrogen-bond donors (Lipinski definition) is 1. The smallest absolute Gasteiger partial charge is 0.128 e. The number of benzene rings is 2. The van der Waals surface area contributed by atoms with Gasteiger partial charge in [0, 0.05) is 34.1 Å². The summed E-state index contributed by atoms with van der Waals surface area (Å²) in [6.07, 6.45) is 0.311. The molecule has 2 aromatic rings. The fraction of sp³-hybridized carbons (Fsp3) is 0.250. The van der Waals surface area contributed by atoms with E-state index in [2.05, 4.69) is 15.9 Å². The zero-order chi connectivity index (χ0) is 15.0. The summed E-state index contributed by atoms with van der Waals surface area (Å²) in [6.45, 7) is 0. The van der Waals surface area contributed by atoms with E-state index < -0.39 is 0 Å². The Bertz CT molecular complexity index is 677. The average molecular weight is 352 g/mol. The summed E-state index contributed by atoms with van der Waals surface area (Å²) in [6, 6.07) is 10.0. The molecule has 21 heavy (non-hydrogen) atoms. The van der Waals surface area contributed by atoms with Gasteiger partial charge in [-0.25, -0.2) is 4.39 Å². The summed E-state index contributed by atoms with van der Waals surface area (Å²) in [5.74, 6) is 1.11. The lowest BCUT2D eigenvalue weighted by Gasteiger charge is -2.31. The quantitative estimate of drug-likeness (QED) is 0.884. The highest BCUT2D eigenvalue weighted by Gasteiger charge is 2.28. The molecule has 110 valence electrons. The molecule has 0 radical (unpaired) electrons. The summed E-state index contributed by atoms with van der Waals surface area (Å²) in [5, 5.41) is 0. The van der Waals surface area contributed by atoms with Crippen LogP contribution < -0.4 is 15.2 Å². The minimum absolute atomic E-state index is 0.153. The number of fused-ring (bicyclic) bond motifs is 1. The molecule has 0 saturated carbocycles. The van der Waals surface area contributed by atoms with E-state index in [1.165, 1.54) is 12.1 Å². The van der Waals surface area contributed by atoms with Crippen LogP contribution in [0.2, 0.25) is 0 Å².